The minimum atomic E-state index is -0.870. The Kier molecular flexibility index (Phi) is 5.00. The summed E-state index contributed by atoms with van der Waals surface area (Å²) in [5.74, 6) is -1.12. The molecule has 0 fully saturated rings. The van der Waals surface area contributed by atoms with E-state index in [1.165, 1.54) is 10.7 Å². The summed E-state index contributed by atoms with van der Waals surface area (Å²) >= 11 is 3.28. The first-order valence-corrected chi connectivity index (χ1v) is 7.24. The largest absolute Gasteiger partial charge is 0.481 e. The molecular formula is C13H14BrFN4O2. The summed E-state index contributed by atoms with van der Waals surface area (Å²) in [6.07, 6.45) is 0.698. The van der Waals surface area contributed by atoms with Crippen molar-refractivity contribution in [1.29, 1.82) is 0 Å². The van der Waals surface area contributed by atoms with Crippen LogP contribution in [0, 0.1) is 11.7 Å². The molecule has 8 heteroatoms. The molecule has 0 bridgehead atoms. The van der Waals surface area contributed by atoms with Crippen molar-refractivity contribution in [3.05, 3.63) is 28.5 Å². The van der Waals surface area contributed by atoms with Gasteiger partial charge in [-0.15, -0.1) is 5.10 Å². The molecule has 0 amide bonds. The molecule has 1 unspecified atom stereocenters. The van der Waals surface area contributed by atoms with E-state index in [9.17, 15) is 9.18 Å². The number of rotatable bonds is 6. The van der Waals surface area contributed by atoms with Crippen molar-refractivity contribution < 1.29 is 14.3 Å². The highest BCUT2D eigenvalue weighted by molar-refractivity contribution is 9.10. The van der Waals surface area contributed by atoms with Crippen molar-refractivity contribution >= 4 is 21.9 Å². The van der Waals surface area contributed by atoms with Crippen molar-refractivity contribution in [3.8, 4) is 11.4 Å². The first kappa shape index (κ1) is 15.6. The maximum absolute atomic E-state index is 13.9. The van der Waals surface area contributed by atoms with Gasteiger partial charge in [0.05, 0.1) is 5.56 Å². The van der Waals surface area contributed by atoms with Crippen LogP contribution >= 0.6 is 15.9 Å². The quantitative estimate of drug-likeness (QED) is 0.860. The van der Waals surface area contributed by atoms with Crippen LogP contribution in [0.25, 0.3) is 11.4 Å². The van der Waals surface area contributed by atoms with Crippen LogP contribution in [0.1, 0.15) is 19.8 Å². The molecule has 1 aromatic heterocycles. The molecule has 1 aromatic carbocycles. The van der Waals surface area contributed by atoms with Gasteiger partial charge in [-0.1, -0.05) is 29.3 Å². The summed E-state index contributed by atoms with van der Waals surface area (Å²) in [4.78, 5) is 10.8. The van der Waals surface area contributed by atoms with Crippen molar-refractivity contribution in [1.82, 2.24) is 20.2 Å². The number of carboxylic acid groups (broad SMARTS) is 1. The highest BCUT2D eigenvalue weighted by Gasteiger charge is 2.18. The molecule has 112 valence electrons. The molecule has 2 rings (SSSR count). The van der Waals surface area contributed by atoms with E-state index in [2.05, 4.69) is 31.5 Å². The van der Waals surface area contributed by atoms with Crippen LogP contribution in [0.2, 0.25) is 0 Å². The maximum atomic E-state index is 13.9. The Balaban J connectivity index is 2.30. The van der Waals surface area contributed by atoms with Gasteiger partial charge in [-0.05, 0) is 34.5 Å². The third-order valence-corrected chi connectivity index (χ3v) is 3.67. The van der Waals surface area contributed by atoms with Crippen molar-refractivity contribution in [3.63, 3.8) is 0 Å². The zero-order valence-electron chi connectivity index (χ0n) is 11.3. The predicted molar refractivity (Wildman–Crippen MR) is 76.9 cm³/mol. The number of nitrogens with zero attached hydrogens (tertiary/aromatic N) is 4. The van der Waals surface area contributed by atoms with Crippen LogP contribution in [-0.2, 0) is 11.3 Å². The summed E-state index contributed by atoms with van der Waals surface area (Å²) in [5.41, 5.74) is 0.277. The Bertz CT molecular complexity index is 647. The number of tetrazole rings is 1. The lowest BCUT2D eigenvalue weighted by atomic mass is 10.0. The highest BCUT2D eigenvalue weighted by Crippen LogP contribution is 2.25. The van der Waals surface area contributed by atoms with E-state index >= 15 is 0 Å². The predicted octanol–water partition coefficient (Wildman–Crippen LogP) is 2.74. The van der Waals surface area contributed by atoms with E-state index in [1.807, 2.05) is 6.92 Å². The Morgan fingerprint density at radius 1 is 1.52 bits per heavy atom. The number of aromatic nitrogens is 4. The summed E-state index contributed by atoms with van der Waals surface area (Å²) < 4.78 is 16.1. The molecular weight excluding hydrogens is 343 g/mol. The molecule has 0 aliphatic heterocycles. The molecule has 0 spiro atoms. The minimum absolute atomic E-state index is 0.0246. The number of halogens is 2. The molecule has 1 heterocycles. The van der Waals surface area contributed by atoms with Gasteiger partial charge in [0.25, 0.3) is 0 Å². The lowest BCUT2D eigenvalue weighted by molar-refractivity contribution is -0.138. The monoisotopic (exact) mass is 356 g/mol. The number of carbonyl (C=O) groups is 1. The van der Waals surface area contributed by atoms with Gasteiger partial charge in [0.15, 0.2) is 5.82 Å². The van der Waals surface area contributed by atoms with Crippen molar-refractivity contribution in [2.75, 3.05) is 0 Å². The average Bonchev–Trinajstić information content (AvgIpc) is 2.88. The third kappa shape index (κ3) is 3.84. The molecule has 6 nitrogen and oxygen atoms in total. The minimum Gasteiger partial charge on any atom is -0.481 e. The second-order valence-electron chi connectivity index (χ2n) is 4.68. The lowest BCUT2D eigenvalue weighted by Crippen LogP contribution is -2.16. The number of benzene rings is 1. The van der Waals surface area contributed by atoms with Crippen LogP contribution in [0.3, 0.4) is 0 Å². The fourth-order valence-corrected chi connectivity index (χ4v) is 2.38. The van der Waals surface area contributed by atoms with Gasteiger partial charge in [0.2, 0.25) is 0 Å². The zero-order chi connectivity index (χ0) is 15.4. The number of hydrogen-bond acceptors (Lipinski definition) is 4. The third-order valence-electron chi connectivity index (χ3n) is 3.17. The number of carboxylic acids is 1. The molecule has 0 aliphatic rings. The Labute approximate surface area is 129 Å². The Morgan fingerprint density at radius 3 is 2.95 bits per heavy atom. The Hall–Kier alpha value is -1.83. The second kappa shape index (κ2) is 6.75. The summed E-state index contributed by atoms with van der Waals surface area (Å²) in [7, 11) is 0. The molecule has 0 saturated carbocycles. The first-order valence-electron chi connectivity index (χ1n) is 6.44. The summed E-state index contributed by atoms with van der Waals surface area (Å²) in [6.45, 7) is 2.23. The fourth-order valence-electron chi connectivity index (χ4n) is 2.02. The number of hydrogen-bond donors (Lipinski definition) is 1. The second-order valence-corrected chi connectivity index (χ2v) is 5.60. The van der Waals surface area contributed by atoms with Crippen molar-refractivity contribution in [2.45, 2.75) is 26.3 Å². The zero-order valence-corrected chi connectivity index (χ0v) is 12.9. The van der Waals surface area contributed by atoms with E-state index in [1.54, 1.807) is 12.1 Å². The van der Waals surface area contributed by atoms with Crippen LogP contribution in [0.15, 0.2) is 22.7 Å². The molecule has 1 atom stereocenters. The highest BCUT2D eigenvalue weighted by atomic mass is 79.9. The van der Waals surface area contributed by atoms with Gasteiger partial charge >= 0.3 is 5.97 Å². The van der Waals surface area contributed by atoms with Crippen LogP contribution in [-0.4, -0.2) is 31.3 Å². The Morgan fingerprint density at radius 2 is 2.29 bits per heavy atom. The molecule has 0 aliphatic carbocycles. The summed E-state index contributed by atoms with van der Waals surface area (Å²) in [5, 5.41) is 20.1. The standard InChI is InChI=1S/C13H14BrFN4O2/c1-2-8(5-12(20)21)7-19-13(16-17-18-19)10-6-9(14)3-4-11(10)15/h3-4,6,8H,2,5,7H2,1H3,(H,20,21). The average molecular weight is 357 g/mol. The molecule has 2 aromatic rings. The van der Waals surface area contributed by atoms with Crippen LogP contribution < -0.4 is 0 Å². The van der Waals surface area contributed by atoms with Crippen molar-refractivity contribution in [2.24, 2.45) is 5.92 Å². The number of aliphatic carboxylic acids is 1. The molecule has 1 N–H and O–H groups in total. The van der Waals surface area contributed by atoms with Crippen LogP contribution in [0.4, 0.5) is 4.39 Å². The molecule has 21 heavy (non-hydrogen) atoms. The fraction of sp³-hybridized carbons (Fsp3) is 0.385. The van der Waals surface area contributed by atoms with Gasteiger partial charge in [0, 0.05) is 17.4 Å². The summed E-state index contributed by atoms with van der Waals surface area (Å²) in [6, 6.07) is 4.51. The van der Waals surface area contributed by atoms with Gasteiger partial charge in [0.1, 0.15) is 5.82 Å². The normalized spacial score (nSPS) is 12.3. The SMILES string of the molecule is CCC(CC(=O)O)Cn1nnnc1-c1cc(Br)ccc1F. The van der Waals surface area contributed by atoms with E-state index in [4.69, 9.17) is 5.11 Å². The smallest absolute Gasteiger partial charge is 0.303 e. The van der Waals surface area contributed by atoms with Gasteiger partial charge in [-0.3, -0.25) is 4.79 Å². The molecule has 0 saturated heterocycles. The maximum Gasteiger partial charge on any atom is 0.303 e. The van der Waals surface area contributed by atoms with Gasteiger partial charge < -0.3 is 5.11 Å². The lowest BCUT2D eigenvalue weighted by Gasteiger charge is -2.13. The topological polar surface area (TPSA) is 80.9 Å². The van der Waals surface area contributed by atoms with Gasteiger partial charge in [-0.25, -0.2) is 9.07 Å². The molecule has 0 radical (unpaired) electrons. The van der Waals surface area contributed by atoms with Gasteiger partial charge in [-0.2, -0.15) is 0 Å². The van der Waals surface area contributed by atoms with Crippen LogP contribution in [0.5, 0.6) is 0 Å². The van der Waals surface area contributed by atoms with E-state index in [-0.39, 0.29) is 23.7 Å². The first-order chi connectivity index (χ1) is 10.0. The van der Waals surface area contributed by atoms with E-state index in [0.29, 0.717) is 17.4 Å². The van der Waals surface area contributed by atoms with E-state index in [0.717, 1.165) is 0 Å². The van der Waals surface area contributed by atoms with E-state index < -0.39 is 11.8 Å².